The van der Waals surface area contributed by atoms with Crippen molar-refractivity contribution in [3.05, 3.63) is 69.7 Å². The molecular formula is C18H17Cl2NO. The smallest absolute Gasteiger partial charge is 0.118 e. The zero-order valence-electron chi connectivity index (χ0n) is 12.3. The molecule has 1 unspecified atom stereocenters. The molecule has 0 fully saturated rings. The third-order valence-corrected chi connectivity index (χ3v) is 4.45. The fourth-order valence-electron chi connectivity index (χ4n) is 2.70. The standard InChI is InChI=1S/C18H17Cl2NO/c1-22-15-5-2-12(3-6-15)13-8-9-21-18(10-13)16-7-4-14(19)11-17(16)20/h2-7,10-11,18,21H,8-9H2,1H3. The van der Waals surface area contributed by atoms with E-state index < -0.39 is 0 Å². The predicted molar refractivity (Wildman–Crippen MR) is 92.8 cm³/mol. The molecule has 2 nitrogen and oxygen atoms in total. The van der Waals surface area contributed by atoms with Crippen LogP contribution in [0, 0.1) is 0 Å². The molecule has 1 aliphatic heterocycles. The molecular weight excluding hydrogens is 317 g/mol. The van der Waals surface area contributed by atoms with Gasteiger partial charge in [-0.1, -0.05) is 47.5 Å². The molecule has 1 heterocycles. The van der Waals surface area contributed by atoms with Crippen LogP contribution in [-0.4, -0.2) is 13.7 Å². The summed E-state index contributed by atoms with van der Waals surface area (Å²) in [6.07, 6.45) is 3.23. The summed E-state index contributed by atoms with van der Waals surface area (Å²) in [4.78, 5) is 0. The molecule has 0 spiro atoms. The molecule has 114 valence electrons. The largest absolute Gasteiger partial charge is 0.497 e. The topological polar surface area (TPSA) is 21.3 Å². The van der Waals surface area contributed by atoms with Gasteiger partial charge in [0, 0.05) is 16.6 Å². The number of nitrogens with one attached hydrogen (secondary N) is 1. The van der Waals surface area contributed by atoms with E-state index >= 15 is 0 Å². The molecule has 0 amide bonds. The van der Waals surface area contributed by atoms with Gasteiger partial charge in [-0.2, -0.15) is 0 Å². The normalized spacial score (nSPS) is 18.0. The first-order chi connectivity index (χ1) is 10.7. The van der Waals surface area contributed by atoms with Crippen LogP contribution in [0.15, 0.2) is 48.5 Å². The molecule has 0 aromatic heterocycles. The summed E-state index contributed by atoms with van der Waals surface area (Å²) >= 11 is 12.3. The lowest BCUT2D eigenvalue weighted by Gasteiger charge is -2.24. The van der Waals surface area contributed by atoms with Crippen LogP contribution in [-0.2, 0) is 0 Å². The van der Waals surface area contributed by atoms with Crippen molar-refractivity contribution in [1.82, 2.24) is 5.32 Å². The van der Waals surface area contributed by atoms with Gasteiger partial charge in [0.15, 0.2) is 0 Å². The Bertz CT molecular complexity index is 695. The van der Waals surface area contributed by atoms with E-state index in [0.717, 1.165) is 24.3 Å². The van der Waals surface area contributed by atoms with Gasteiger partial charge in [0.25, 0.3) is 0 Å². The Kier molecular flexibility index (Phi) is 4.72. The highest BCUT2D eigenvalue weighted by Gasteiger charge is 2.18. The van der Waals surface area contributed by atoms with E-state index in [2.05, 4.69) is 23.5 Å². The molecule has 1 aliphatic rings. The Balaban J connectivity index is 1.90. The third-order valence-electron chi connectivity index (χ3n) is 3.88. The van der Waals surface area contributed by atoms with Gasteiger partial charge in [-0.25, -0.2) is 0 Å². The second kappa shape index (κ2) is 6.74. The number of methoxy groups -OCH3 is 1. The summed E-state index contributed by atoms with van der Waals surface area (Å²) in [5.74, 6) is 0.871. The van der Waals surface area contributed by atoms with Crippen molar-refractivity contribution >= 4 is 28.8 Å². The molecule has 0 radical (unpaired) electrons. The first-order valence-corrected chi connectivity index (χ1v) is 7.96. The number of halogens is 2. The Morgan fingerprint density at radius 1 is 1.09 bits per heavy atom. The van der Waals surface area contributed by atoms with Crippen molar-refractivity contribution < 1.29 is 4.74 Å². The Morgan fingerprint density at radius 3 is 2.55 bits per heavy atom. The highest BCUT2D eigenvalue weighted by Crippen LogP contribution is 2.32. The average molecular weight is 334 g/mol. The fourth-order valence-corrected chi connectivity index (χ4v) is 3.23. The second-order valence-corrected chi connectivity index (χ2v) is 6.11. The minimum Gasteiger partial charge on any atom is -0.497 e. The summed E-state index contributed by atoms with van der Waals surface area (Å²) in [7, 11) is 1.68. The maximum Gasteiger partial charge on any atom is 0.118 e. The molecule has 1 atom stereocenters. The number of ether oxygens (including phenoxy) is 1. The minimum absolute atomic E-state index is 0.107. The number of benzene rings is 2. The lowest BCUT2D eigenvalue weighted by atomic mass is 9.94. The zero-order chi connectivity index (χ0) is 15.5. The number of hydrogen-bond donors (Lipinski definition) is 1. The van der Waals surface area contributed by atoms with Crippen molar-refractivity contribution in [3.63, 3.8) is 0 Å². The van der Waals surface area contributed by atoms with Crippen LogP contribution in [0.5, 0.6) is 5.75 Å². The molecule has 0 aliphatic carbocycles. The molecule has 4 heteroatoms. The monoisotopic (exact) mass is 333 g/mol. The Labute approximate surface area is 140 Å². The SMILES string of the molecule is COc1ccc(C2=CC(c3ccc(Cl)cc3Cl)NCC2)cc1. The molecule has 1 N–H and O–H groups in total. The average Bonchev–Trinajstić information content (AvgIpc) is 2.55. The van der Waals surface area contributed by atoms with Crippen molar-refractivity contribution in [2.45, 2.75) is 12.5 Å². The van der Waals surface area contributed by atoms with Crippen LogP contribution in [0.25, 0.3) is 5.57 Å². The van der Waals surface area contributed by atoms with Gasteiger partial charge in [-0.15, -0.1) is 0 Å². The van der Waals surface area contributed by atoms with Crippen molar-refractivity contribution in [3.8, 4) is 5.75 Å². The van der Waals surface area contributed by atoms with Gasteiger partial charge in [0.2, 0.25) is 0 Å². The predicted octanol–water partition coefficient (Wildman–Crippen LogP) is 5.12. The van der Waals surface area contributed by atoms with Crippen LogP contribution in [0.2, 0.25) is 10.0 Å². The van der Waals surface area contributed by atoms with E-state index in [0.29, 0.717) is 10.0 Å². The van der Waals surface area contributed by atoms with E-state index in [9.17, 15) is 0 Å². The van der Waals surface area contributed by atoms with Gasteiger partial charge >= 0.3 is 0 Å². The van der Waals surface area contributed by atoms with Crippen LogP contribution in [0.4, 0.5) is 0 Å². The maximum absolute atomic E-state index is 6.33. The van der Waals surface area contributed by atoms with E-state index in [-0.39, 0.29) is 6.04 Å². The van der Waals surface area contributed by atoms with Crippen molar-refractivity contribution in [1.29, 1.82) is 0 Å². The molecule has 0 bridgehead atoms. The van der Waals surface area contributed by atoms with Gasteiger partial charge < -0.3 is 10.1 Å². The summed E-state index contributed by atoms with van der Waals surface area (Å²) in [6, 6.07) is 13.9. The first kappa shape index (κ1) is 15.4. The van der Waals surface area contributed by atoms with Gasteiger partial charge in [-0.05, 0) is 47.4 Å². The highest BCUT2D eigenvalue weighted by atomic mass is 35.5. The first-order valence-electron chi connectivity index (χ1n) is 7.21. The molecule has 2 aromatic rings. The molecule has 0 saturated heterocycles. The molecule has 3 rings (SSSR count). The van der Waals surface area contributed by atoms with Gasteiger partial charge in [0.05, 0.1) is 13.2 Å². The summed E-state index contributed by atoms with van der Waals surface area (Å²) < 4.78 is 5.21. The molecule has 22 heavy (non-hydrogen) atoms. The van der Waals surface area contributed by atoms with Crippen LogP contribution < -0.4 is 10.1 Å². The van der Waals surface area contributed by atoms with Crippen molar-refractivity contribution in [2.75, 3.05) is 13.7 Å². The summed E-state index contributed by atoms with van der Waals surface area (Å²) in [5, 5.41) is 4.84. The quantitative estimate of drug-likeness (QED) is 0.841. The van der Waals surface area contributed by atoms with Gasteiger partial charge in [-0.3, -0.25) is 0 Å². The Morgan fingerprint density at radius 2 is 1.86 bits per heavy atom. The van der Waals surface area contributed by atoms with E-state index in [1.165, 1.54) is 11.1 Å². The van der Waals surface area contributed by atoms with Gasteiger partial charge in [0.1, 0.15) is 5.75 Å². The number of hydrogen-bond acceptors (Lipinski definition) is 2. The van der Waals surface area contributed by atoms with E-state index in [1.807, 2.05) is 24.3 Å². The van der Waals surface area contributed by atoms with Crippen molar-refractivity contribution in [2.24, 2.45) is 0 Å². The fraction of sp³-hybridized carbons (Fsp3) is 0.222. The zero-order valence-corrected chi connectivity index (χ0v) is 13.8. The van der Waals surface area contributed by atoms with Crippen LogP contribution in [0.1, 0.15) is 23.6 Å². The minimum atomic E-state index is 0.107. The van der Waals surface area contributed by atoms with E-state index in [4.69, 9.17) is 27.9 Å². The Hall–Kier alpha value is -1.48. The number of rotatable bonds is 3. The molecule has 0 saturated carbocycles. The van der Waals surface area contributed by atoms with Crippen LogP contribution in [0.3, 0.4) is 0 Å². The second-order valence-electron chi connectivity index (χ2n) is 5.27. The van der Waals surface area contributed by atoms with E-state index in [1.54, 1.807) is 13.2 Å². The lowest BCUT2D eigenvalue weighted by molar-refractivity contribution is 0.415. The maximum atomic E-state index is 6.33. The summed E-state index contributed by atoms with van der Waals surface area (Å²) in [6.45, 7) is 0.918. The lowest BCUT2D eigenvalue weighted by Crippen LogP contribution is -2.25. The summed E-state index contributed by atoms with van der Waals surface area (Å²) in [5.41, 5.74) is 3.59. The molecule has 2 aromatic carbocycles. The third kappa shape index (κ3) is 3.30. The van der Waals surface area contributed by atoms with Crippen LogP contribution >= 0.6 is 23.2 Å². The highest BCUT2D eigenvalue weighted by molar-refractivity contribution is 6.35.